The van der Waals surface area contributed by atoms with Crippen molar-refractivity contribution in [3.05, 3.63) is 20.8 Å². The van der Waals surface area contributed by atoms with Crippen molar-refractivity contribution in [2.75, 3.05) is 23.9 Å². The van der Waals surface area contributed by atoms with Crippen molar-refractivity contribution in [3.63, 3.8) is 0 Å². The number of nitrogens with two attached hydrogens (primary N) is 1. The summed E-state index contributed by atoms with van der Waals surface area (Å²) in [5, 5.41) is 3.05. The average Bonchev–Trinajstić information content (AvgIpc) is 2.34. The van der Waals surface area contributed by atoms with Gasteiger partial charge in [-0.3, -0.25) is 14.3 Å². The molecule has 0 saturated carbocycles. The minimum Gasteiger partial charge on any atom is -0.383 e. The number of hydrogen-bond donors (Lipinski definition) is 3. The van der Waals surface area contributed by atoms with Crippen molar-refractivity contribution in [1.29, 1.82) is 0 Å². The van der Waals surface area contributed by atoms with Crippen LogP contribution in [0.15, 0.2) is 9.59 Å². The molecule has 0 amide bonds. The molecule has 0 saturated heterocycles. The van der Waals surface area contributed by atoms with Gasteiger partial charge in [-0.1, -0.05) is 6.92 Å². The van der Waals surface area contributed by atoms with E-state index < -0.39 is 11.2 Å². The Labute approximate surface area is 116 Å². The first-order chi connectivity index (χ1) is 8.82. The Balaban J connectivity index is 3.11. The Kier molecular flexibility index (Phi) is 5.11. The Morgan fingerprint density at radius 3 is 2.58 bits per heavy atom. The van der Waals surface area contributed by atoms with E-state index in [0.29, 0.717) is 13.1 Å². The Hall–Kier alpha value is -1.37. The summed E-state index contributed by atoms with van der Waals surface area (Å²) in [6.45, 7) is 7.16. The van der Waals surface area contributed by atoms with Gasteiger partial charge in [-0.05, 0) is 26.5 Å². The van der Waals surface area contributed by atoms with Crippen molar-refractivity contribution in [3.8, 4) is 0 Å². The molecule has 0 bridgehead atoms. The minimum atomic E-state index is -0.466. The molecule has 6 nitrogen and oxygen atoms in total. The first-order valence-corrected chi connectivity index (χ1v) is 7.46. The van der Waals surface area contributed by atoms with Crippen molar-refractivity contribution in [2.24, 2.45) is 0 Å². The van der Waals surface area contributed by atoms with Crippen LogP contribution < -0.4 is 22.3 Å². The van der Waals surface area contributed by atoms with Gasteiger partial charge in [0, 0.05) is 17.8 Å². The molecule has 1 rings (SSSR count). The van der Waals surface area contributed by atoms with E-state index in [1.165, 1.54) is 4.57 Å². The number of H-pyrrole nitrogens is 1. The first kappa shape index (κ1) is 15.7. The zero-order chi connectivity index (χ0) is 14.6. The number of thioether (sulfide) groups is 1. The monoisotopic (exact) mass is 286 g/mol. The Morgan fingerprint density at radius 2 is 2.05 bits per heavy atom. The molecule has 0 atom stereocenters. The number of aromatic amines is 1. The molecule has 0 aliphatic carbocycles. The molecule has 1 aromatic heterocycles. The van der Waals surface area contributed by atoms with Crippen LogP contribution in [-0.4, -0.2) is 27.1 Å². The summed E-state index contributed by atoms with van der Waals surface area (Å²) in [5.41, 5.74) is 5.26. The lowest BCUT2D eigenvalue weighted by Crippen LogP contribution is -2.36. The van der Waals surface area contributed by atoms with Crippen LogP contribution >= 0.6 is 11.8 Å². The topological polar surface area (TPSA) is 92.9 Å². The molecule has 108 valence electrons. The number of aromatic nitrogens is 2. The number of rotatable bonds is 6. The number of nitrogen functional groups attached to an aromatic ring is 1. The fourth-order valence-electron chi connectivity index (χ4n) is 1.58. The summed E-state index contributed by atoms with van der Waals surface area (Å²) in [6, 6.07) is 0. The summed E-state index contributed by atoms with van der Waals surface area (Å²) in [6.07, 6.45) is 2.78. The van der Waals surface area contributed by atoms with E-state index in [0.717, 1.165) is 6.42 Å². The number of anilines is 2. The number of hydrogen-bond acceptors (Lipinski definition) is 5. The highest BCUT2D eigenvalue weighted by atomic mass is 32.2. The second-order valence-corrected chi connectivity index (χ2v) is 6.50. The molecule has 19 heavy (non-hydrogen) atoms. The summed E-state index contributed by atoms with van der Waals surface area (Å²) >= 11 is 1.69. The molecular formula is C12H22N4O2S. The van der Waals surface area contributed by atoms with Crippen LogP contribution in [-0.2, 0) is 6.54 Å². The van der Waals surface area contributed by atoms with Crippen LogP contribution in [0, 0.1) is 0 Å². The van der Waals surface area contributed by atoms with Gasteiger partial charge in [-0.15, -0.1) is 0 Å². The van der Waals surface area contributed by atoms with E-state index in [-0.39, 0.29) is 16.3 Å². The predicted octanol–water partition coefficient (Wildman–Crippen LogP) is 1.08. The first-order valence-electron chi connectivity index (χ1n) is 6.24. The van der Waals surface area contributed by atoms with Crippen molar-refractivity contribution >= 4 is 23.3 Å². The van der Waals surface area contributed by atoms with Crippen LogP contribution in [0.5, 0.6) is 0 Å². The van der Waals surface area contributed by atoms with Gasteiger partial charge in [-0.2, -0.15) is 11.8 Å². The summed E-state index contributed by atoms with van der Waals surface area (Å²) in [5.74, 6) is 0.201. The van der Waals surface area contributed by atoms with Gasteiger partial charge in [-0.25, -0.2) is 4.79 Å². The van der Waals surface area contributed by atoms with Gasteiger partial charge in [0.25, 0.3) is 5.56 Å². The normalized spacial score (nSPS) is 11.6. The zero-order valence-corrected chi connectivity index (χ0v) is 12.7. The number of nitrogens with zero attached hydrogens (tertiary/aromatic N) is 1. The van der Waals surface area contributed by atoms with E-state index >= 15 is 0 Å². The van der Waals surface area contributed by atoms with E-state index in [9.17, 15) is 9.59 Å². The predicted molar refractivity (Wildman–Crippen MR) is 82.1 cm³/mol. The molecule has 0 aliphatic heterocycles. The smallest absolute Gasteiger partial charge is 0.330 e. The van der Waals surface area contributed by atoms with Gasteiger partial charge in [0.05, 0.1) is 0 Å². The van der Waals surface area contributed by atoms with Gasteiger partial charge < -0.3 is 11.1 Å². The lowest BCUT2D eigenvalue weighted by atomic mass is 10.2. The molecule has 0 spiro atoms. The molecule has 0 aliphatic rings. The van der Waals surface area contributed by atoms with E-state index in [1.54, 1.807) is 11.8 Å². The second-order valence-electron chi connectivity index (χ2n) is 4.99. The third-order valence-corrected chi connectivity index (χ3v) is 4.18. The van der Waals surface area contributed by atoms with E-state index in [2.05, 4.69) is 24.1 Å². The highest BCUT2D eigenvalue weighted by Gasteiger charge is 2.18. The maximum Gasteiger partial charge on any atom is 0.330 e. The molecule has 4 N–H and O–H groups in total. The second kappa shape index (κ2) is 6.18. The molecule has 0 aromatic carbocycles. The fourth-order valence-corrected chi connectivity index (χ4v) is 1.79. The zero-order valence-electron chi connectivity index (χ0n) is 11.9. The SMILES string of the molecule is CCCn1c(N)c(NCC(C)(C)SC)c(=O)[nH]c1=O. The maximum atomic E-state index is 11.8. The highest BCUT2D eigenvalue weighted by molar-refractivity contribution is 7.99. The fraction of sp³-hybridized carbons (Fsp3) is 0.667. The van der Waals surface area contributed by atoms with Crippen LogP contribution in [0.25, 0.3) is 0 Å². The van der Waals surface area contributed by atoms with Crippen LogP contribution in [0.4, 0.5) is 11.5 Å². The average molecular weight is 286 g/mol. The molecule has 0 fully saturated rings. The lowest BCUT2D eigenvalue weighted by Gasteiger charge is -2.23. The van der Waals surface area contributed by atoms with Crippen molar-refractivity contribution in [2.45, 2.75) is 38.5 Å². The summed E-state index contributed by atoms with van der Waals surface area (Å²) < 4.78 is 1.36. The van der Waals surface area contributed by atoms with Crippen LogP contribution in [0.2, 0.25) is 0 Å². The summed E-state index contributed by atoms with van der Waals surface area (Å²) in [4.78, 5) is 25.8. The molecule has 1 heterocycles. The van der Waals surface area contributed by atoms with Crippen molar-refractivity contribution in [1.82, 2.24) is 9.55 Å². The highest BCUT2D eigenvalue weighted by Crippen LogP contribution is 2.22. The van der Waals surface area contributed by atoms with Gasteiger partial charge in [0.2, 0.25) is 0 Å². The van der Waals surface area contributed by atoms with E-state index in [4.69, 9.17) is 5.73 Å². The van der Waals surface area contributed by atoms with Crippen molar-refractivity contribution < 1.29 is 0 Å². The third kappa shape index (κ3) is 3.79. The number of nitrogens with one attached hydrogen (secondary N) is 2. The van der Waals surface area contributed by atoms with Gasteiger partial charge in [0.15, 0.2) is 0 Å². The van der Waals surface area contributed by atoms with Gasteiger partial charge >= 0.3 is 5.69 Å². The molecular weight excluding hydrogens is 264 g/mol. The molecule has 7 heteroatoms. The standard InChI is InChI=1S/C12H22N4O2S/c1-5-6-16-9(13)8(10(17)15-11(16)18)14-7-12(2,3)19-4/h14H,5-7,13H2,1-4H3,(H,15,17,18). The quantitative estimate of drug-likeness (QED) is 0.727. The Morgan fingerprint density at radius 1 is 1.42 bits per heavy atom. The van der Waals surface area contributed by atoms with Crippen LogP contribution in [0.1, 0.15) is 27.2 Å². The lowest BCUT2D eigenvalue weighted by molar-refractivity contribution is 0.641. The molecule has 1 aromatic rings. The maximum absolute atomic E-state index is 11.8. The van der Waals surface area contributed by atoms with Crippen LogP contribution in [0.3, 0.4) is 0 Å². The van der Waals surface area contributed by atoms with Gasteiger partial charge in [0.1, 0.15) is 11.5 Å². The third-order valence-electron chi connectivity index (χ3n) is 2.93. The summed E-state index contributed by atoms with van der Waals surface area (Å²) in [7, 11) is 0. The Bertz CT molecular complexity index is 548. The molecule has 0 unspecified atom stereocenters. The van der Waals surface area contributed by atoms with E-state index in [1.807, 2.05) is 13.2 Å². The largest absolute Gasteiger partial charge is 0.383 e. The minimum absolute atomic E-state index is 0.0232. The molecule has 0 radical (unpaired) electrons.